The molecule has 16 heavy (non-hydrogen) atoms. The van der Waals surface area contributed by atoms with Crippen molar-refractivity contribution in [1.82, 2.24) is 0 Å². The predicted molar refractivity (Wildman–Crippen MR) is 60.3 cm³/mol. The third-order valence-corrected chi connectivity index (χ3v) is 1.37. The fourth-order valence-electron chi connectivity index (χ4n) is 0.859. The number of methoxy groups -OCH3 is 1. The molecule has 0 radical (unpaired) electrons. The van der Waals surface area contributed by atoms with E-state index in [-0.39, 0.29) is 12.2 Å². The Balaban J connectivity index is 0.000000673. The van der Waals surface area contributed by atoms with Crippen molar-refractivity contribution in [3.8, 4) is 5.75 Å². The summed E-state index contributed by atoms with van der Waals surface area (Å²) in [6, 6.07) is 8.67. The van der Waals surface area contributed by atoms with Gasteiger partial charge in [-0.15, -0.1) is 0 Å². The standard InChI is InChI=1S/C10H10O3.C2H6O/c1-8(11)7-10(12)13-9-5-3-2-4-6-9;1-3-2/h2-6H,7H2,1H3;1-2H3. The molecule has 0 heterocycles. The zero-order valence-corrected chi connectivity index (χ0v) is 9.73. The van der Waals surface area contributed by atoms with Crippen LogP contribution >= 0.6 is 0 Å². The smallest absolute Gasteiger partial charge is 0.318 e. The van der Waals surface area contributed by atoms with E-state index in [1.54, 1.807) is 38.5 Å². The Hall–Kier alpha value is -1.68. The molecule has 0 aliphatic heterocycles. The molecule has 1 aromatic rings. The summed E-state index contributed by atoms with van der Waals surface area (Å²) in [5.41, 5.74) is 0. The molecule has 4 heteroatoms. The summed E-state index contributed by atoms with van der Waals surface area (Å²) in [6.45, 7) is 1.35. The van der Waals surface area contributed by atoms with Gasteiger partial charge in [0.15, 0.2) is 0 Å². The Bertz CT molecular complexity index is 319. The Morgan fingerprint density at radius 2 is 1.62 bits per heavy atom. The maximum atomic E-state index is 11.0. The summed E-state index contributed by atoms with van der Waals surface area (Å²) in [7, 11) is 3.25. The van der Waals surface area contributed by atoms with Crippen molar-refractivity contribution in [2.75, 3.05) is 14.2 Å². The minimum absolute atomic E-state index is 0.172. The van der Waals surface area contributed by atoms with Gasteiger partial charge in [-0.2, -0.15) is 0 Å². The van der Waals surface area contributed by atoms with Crippen LogP contribution in [0.15, 0.2) is 30.3 Å². The van der Waals surface area contributed by atoms with Crippen LogP contribution in [0.25, 0.3) is 0 Å². The zero-order valence-electron chi connectivity index (χ0n) is 9.73. The van der Waals surface area contributed by atoms with Crippen molar-refractivity contribution >= 4 is 11.8 Å². The van der Waals surface area contributed by atoms with Crippen molar-refractivity contribution < 1.29 is 19.1 Å². The quantitative estimate of drug-likeness (QED) is 0.446. The number of ketones is 1. The van der Waals surface area contributed by atoms with E-state index in [4.69, 9.17) is 4.74 Å². The SMILES string of the molecule is CC(=O)CC(=O)Oc1ccccc1.COC. The van der Waals surface area contributed by atoms with Gasteiger partial charge in [-0.25, -0.2) is 0 Å². The molecule has 0 aromatic heterocycles. The number of ether oxygens (including phenoxy) is 2. The third-order valence-electron chi connectivity index (χ3n) is 1.37. The molecule has 0 aliphatic rings. The van der Waals surface area contributed by atoms with Gasteiger partial charge in [0, 0.05) is 14.2 Å². The lowest BCUT2D eigenvalue weighted by Crippen LogP contribution is -2.11. The molecule has 0 fully saturated rings. The number of hydrogen-bond donors (Lipinski definition) is 0. The van der Waals surface area contributed by atoms with Crippen LogP contribution in [0, 0.1) is 0 Å². The van der Waals surface area contributed by atoms with Crippen LogP contribution in [0.5, 0.6) is 5.75 Å². The normalized spacial score (nSPS) is 8.69. The van der Waals surface area contributed by atoms with Gasteiger partial charge in [0.2, 0.25) is 0 Å². The molecule has 0 aliphatic carbocycles. The van der Waals surface area contributed by atoms with Crippen molar-refractivity contribution in [3.05, 3.63) is 30.3 Å². The van der Waals surface area contributed by atoms with Crippen LogP contribution in [0.2, 0.25) is 0 Å². The Kier molecular flexibility index (Phi) is 7.71. The maximum absolute atomic E-state index is 11.0. The minimum Gasteiger partial charge on any atom is -0.426 e. The van der Waals surface area contributed by atoms with E-state index >= 15 is 0 Å². The molecular weight excluding hydrogens is 208 g/mol. The molecule has 0 saturated heterocycles. The van der Waals surface area contributed by atoms with E-state index in [1.165, 1.54) is 6.92 Å². The van der Waals surface area contributed by atoms with Crippen molar-refractivity contribution in [1.29, 1.82) is 0 Å². The first-order valence-electron chi connectivity index (χ1n) is 4.75. The van der Waals surface area contributed by atoms with E-state index < -0.39 is 5.97 Å². The molecule has 0 bridgehead atoms. The lowest BCUT2D eigenvalue weighted by molar-refractivity contribution is -0.137. The average Bonchev–Trinajstić information content (AvgIpc) is 2.18. The first kappa shape index (κ1) is 14.3. The lowest BCUT2D eigenvalue weighted by atomic mass is 10.3. The molecular formula is C12H16O4. The molecule has 1 aromatic carbocycles. The third kappa shape index (κ3) is 7.70. The molecule has 0 amide bonds. The molecule has 0 N–H and O–H groups in total. The van der Waals surface area contributed by atoms with Crippen LogP contribution in [0.4, 0.5) is 0 Å². The number of para-hydroxylation sites is 1. The van der Waals surface area contributed by atoms with E-state index in [0.29, 0.717) is 5.75 Å². The van der Waals surface area contributed by atoms with Crippen molar-refractivity contribution in [3.63, 3.8) is 0 Å². The fraction of sp³-hybridized carbons (Fsp3) is 0.333. The van der Waals surface area contributed by atoms with Crippen LogP contribution < -0.4 is 4.74 Å². The van der Waals surface area contributed by atoms with E-state index in [9.17, 15) is 9.59 Å². The van der Waals surface area contributed by atoms with Gasteiger partial charge in [0.1, 0.15) is 18.0 Å². The number of benzene rings is 1. The highest BCUT2D eigenvalue weighted by Crippen LogP contribution is 2.08. The number of carbonyl (C=O) groups excluding carboxylic acids is 2. The van der Waals surface area contributed by atoms with E-state index in [1.807, 2.05) is 6.07 Å². The highest BCUT2D eigenvalue weighted by Gasteiger charge is 2.06. The van der Waals surface area contributed by atoms with Gasteiger partial charge in [-0.05, 0) is 19.1 Å². The second kappa shape index (κ2) is 8.61. The largest absolute Gasteiger partial charge is 0.426 e. The number of esters is 1. The number of rotatable bonds is 3. The summed E-state index contributed by atoms with van der Waals surface area (Å²) < 4.78 is 9.12. The zero-order chi connectivity index (χ0) is 12.4. The topological polar surface area (TPSA) is 52.6 Å². The monoisotopic (exact) mass is 224 g/mol. The number of carbonyl (C=O) groups is 2. The molecule has 0 spiro atoms. The van der Waals surface area contributed by atoms with Crippen LogP contribution in [0.1, 0.15) is 13.3 Å². The van der Waals surface area contributed by atoms with Crippen LogP contribution in [0.3, 0.4) is 0 Å². The van der Waals surface area contributed by atoms with Gasteiger partial charge >= 0.3 is 5.97 Å². The van der Waals surface area contributed by atoms with Crippen molar-refractivity contribution in [2.45, 2.75) is 13.3 Å². The van der Waals surface area contributed by atoms with E-state index in [0.717, 1.165) is 0 Å². The fourth-order valence-corrected chi connectivity index (χ4v) is 0.859. The first-order valence-corrected chi connectivity index (χ1v) is 4.75. The molecule has 0 saturated carbocycles. The van der Waals surface area contributed by atoms with Gasteiger partial charge < -0.3 is 9.47 Å². The van der Waals surface area contributed by atoms with Gasteiger partial charge in [-0.1, -0.05) is 18.2 Å². The Morgan fingerprint density at radius 3 is 2.06 bits per heavy atom. The number of hydrogen-bond acceptors (Lipinski definition) is 4. The summed E-state index contributed by atoms with van der Waals surface area (Å²) in [5, 5.41) is 0. The van der Waals surface area contributed by atoms with E-state index in [2.05, 4.69) is 4.74 Å². The molecule has 0 unspecified atom stereocenters. The summed E-state index contributed by atoms with van der Waals surface area (Å²) >= 11 is 0. The Labute approximate surface area is 95.2 Å². The minimum atomic E-state index is -0.515. The van der Waals surface area contributed by atoms with Crippen LogP contribution in [-0.4, -0.2) is 26.0 Å². The summed E-state index contributed by atoms with van der Waals surface area (Å²) in [6.07, 6.45) is -0.172. The second-order valence-corrected chi connectivity index (χ2v) is 3.07. The summed E-state index contributed by atoms with van der Waals surface area (Å²) in [5.74, 6) is -0.242. The molecule has 1 rings (SSSR count). The highest BCUT2D eigenvalue weighted by atomic mass is 16.5. The Morgan fingerprint density at radius 1 is 1.12 bits per heavy atom. The molecule has 4 nitrogen and oxygen atoms in total. The van der Waals surface area contributed by atoms with Gasteiger partial charge in [0.05, 0.1) is 0 Å². The van der Waals surface area contributed by atoms with Crippen molar-refractivity contribution in [2.24, 2.45) is 0 Å². The number of Topliss-reactive ketones (excluding diaryl/α,β-unsaturated/α-hetero) is 1. The lowest BCUT2D eigenvalue weighted by Gasteiger charge is -2.01. The predicted octanol–water partition coefficient (Wildman–Crippen LogP) is 1.83. The average molecular weight is 224 g/mol. The second-order valence-electron chi connectivity index (χ2n) is 3.07. The maximum Gasteiger partial charge on any atom is 0.318 e. The molecule has 0 atom stereocenters. The van der Waals surface area contributed by atoms with Gasteiger partial charge in [-0.3, -0.25) is 9.59 Å². The molecule has 88 valence electrons. The first-order chi connectivity index (χ1) is 7.60. The van der Waals surface area contributed by atoms with Crippen LogP contribution in [-0.2, 0) is 14.3 Å². The summed E-state index contributed by atoms with van der Waals surface area (Å²) in [4.78, 5) is 21.5. The van der Waals surface area contributed by atoms with Gasteiger partial charge in [0.25, 0.3) is 0 Å². The highest BCUT2D eigenvalue weighted by molar-refractivity contribution is 5.94.